The lowest BCUT2D eigenvalue weighted by molar-refractivity contribution is -0.138. The first-order valence-electron chi connectivity index (χ1n) is 8.50. The second-order valence-electron chi connectivity index (χ2n) is 6.13. The summed E-state index contributed by atoms with van der Waals surface area (Å²) < 4.78 is 31.7. The maximum Gasteiger partial charge on any atom is 0.335 e. The van der Waals surface area contributed by atoms with Crippen molar-refractivity contribution in [2.24, 2.45) is 0 Å². The summed E-state index contributed by atoms with van der Waals surface area (Å²) in [7, 11) is -4.12. The van der Waals surface area contributed by atoms with E-state index in [0.717, 1.165) is 18.4 Å². The van der Waals surface area contributed by atoms with Crippen LogP contribution in [-0.4, -0.2) is 55.9 Å². The van der Waals surface area contributed by atoms with Gasteiger partial charge in [-0.2, -0.15) is 0 Å². The maximum absolute atomic E-state index is 13.0. The number of ether oxygens (including phenoxy) is 1. The number of amides is 2. The first-order chi connectivity index (χ1) is 12.3. The van der Waals surface area contributed by atoms with Gasteiger partial charge in [0.2, 0.25) is 0 Å². The lowest BCUT2D eigenvalue weighted by Crippen LogP contribution is -2.46. The number of urea groups is 1. The maximum atomic E-state index is 13.0. The molecule has 0 aliphatic carbocycles. The van der Waals surface area contributed by atoms with Crippen LogP contribution in [0.25, 0.3) is 0 Å². The normalized spacial score (nSPS) is 14.2. The summed E-state index contributed by atoms with van der Waals surface area (Å²) in [5.41, 5.74) is 0.812. The van der Waals surface area contributed by atoms with Crippen LogP contribution in [0.2, 0.25) is 0 Å². The Kier molecular flexibility index (Phi) is 6.42. The van der Waals surface area contributed by atoms with Crippen LogP contribution in [0.15, 0.2) is 41.3 Å². The van der Waals surface area contributed by atoms with Crippen LogP contribution in [0, 0.1) is 6.92 Å². The molecule has 142 valence electrons. The zero-order valence-corrected chi connectivity index (χ0v) is 15.9. The van der Waals surface area contributed by atoms with Crippen LogP contribution in [0.3, 0.4) is 0 Å². The summed E-state index contributed by atoms with van der Waals surface area (Å²) in [6, 6.07) is 5.56. The highest BCUT2D eigenvalue weighted by Crippen LogP contribution is 2.21. The number of sulfonamides is 1. The molecule has 1 saturated heterocycles. The highest BCUT2D eigenvalue weighted by atomic mass is 32.2. The highest BCUT2D eigenvalue weighted by molar-refractivity contribution is 7.89. The third-order valence-electron chi connectivity index (χ3n) is 4.10. The summed E-state index contributed by atoms with van der Waals surface area (Å²) in [4.78, 5) is 26.2. The first-order valence-corrected chi connectivity index (χ1v) is 9.94. The fraction of sp³-hybridized carbons (Fsp3) is 0.444. The van der Waals surface area contributed by atoms with E-state index in [-0.39, 0.29) is 17.1 Å². The molecule has 0 spiro atoms. The van der Waals surface area contributed by atoms with E-state index in [1.54, 1.807) is 19.1 Å². The smallest absolute Gasteiger partial charge is 0.335 e. The summed E-state index contributed by atoms with van der Waals surface area (Å²) in [6.07, 6.45) is 1.64. The standard InChI is InChI=1S/C18H24N2O5S/c1-4-25-17(21)15(3)13-20(18(22)19-11-5-6-12-19)26(23,24)16-9-7-14(2)8-10-16/h7-10H,3-6,11-13H2,1-2H3. The monoisotopic (exact) mass is 380 g/mol. The zero-order chi connectivity index (χ0) is 19.3. The summed E-state index contributed by atoms with van der Waals surface area (Å²) in [6.45, 7) is 7.75. The lowest BCUT2D eigenvalue weighted by Gasteiger charge is -2.27. The molecular formula is C18H24N2O5S. The number of rotatable bonds is 6. The average Bonchev–Trinajstić information content (AvgIpc) is 3.14. The Hall–Kier alpha value is -2.35. The molecule has 8 heteroatoms. The van der Waals surface area contributed by atoms with Crippen molar-refractivity contribution in [3.8, 4) is 0 Å². The van der Waals surface area contributed by atoms with E-state index >= 15 is 0 Å². The van der Waals surface area contributed by atoms with E-state index in [1.807, 2.05) is 6.92 Å². The molecule has 26 heavy (non-hydrogen) atoms. The van der Waals surface area contributed by atoms with Gasteiger partial charge in [-0.05, 0) is 38.8 Å². The van der Waals surface area contributed by atoms with Gasteiger partial charge in [0.05, 0.1) is 23.6 Å². The van der Waals surface area contributed by atoms with Crippen LogP contribution in [0.5, 0.6) is 0 Å². The van der Waals surface area contributed by atoms with Gasteiger partial charge in [-0.15, -0.1) is 0 Å². The van der Waals surface area contributed by atoms with Gasteiger partial charge in [-0.25, -0.2) is 22.3 Å². The Bertz CT molecular complexity index is 780. The van der Waals surface area contributed by atoms with Gasteiger partial charge >= 0.3 is 12.0 Å². The summed E-state index contributed by atoms with van der Waals surface area (Å²) >= 11 is 0. The molecule has 7 nitrogen and oxygen atoms in total. The average molecular weight is 380 g/mol. The summed E-state index contributed by atoms with van der Waals surface area (Å²) in [5.74, 6) is -0.717. The number of hydrogen-bond acceptors (Lipinski definition) is 5. The number of carbonyl (C=O) groups is 2. The molecule has 1 heterocycles. The van der Waals surface area contributed by atoms with Gasteiger partial charge in [0.15, 0.2) is 0 Å². The van der Waals surface area contributed by atoms with Crippen LogP contribution in [0.1, 0.15) is 25.3 Å². The molecule has 0 bridgehead atoms. The number of carbonyl (C=O) groups excluding carboxylic acids is 2. The van der Waals surface area contributed by atoms with Gasteiger partial charge in [0, 0.05) is 13.1 Å². The van der Waals surface area contributed by atoms with Crippen molar-refractivity contribution in [1.82, 2.24) is 9.21 Å². The highest BCUT2D eigenvalue weighted by Gasteiger charge is 2.35. The first kappa shape index (κ1) is 20.0. The van der Waals surface area contributed by atoms with Crippen LogP contribution in [-0.2, 0) is 19.6 Å². The van der Waals surface area contributed by atoms with E-state index in [9.17, 15) is 18.0 Å². The molecule has 0 saturated carbocycles. The van der Waals surface area contributed by atoms with Crippen LogP contribution < -0.4 is 0 Å². The lowest BCUT2D eigenvalue weighted by atomic mass is 10.2. The van der Waals surface area contributed by atoms with Crippen LogP contribution >= 0.6 is 0 Å². The number of esters is 1. The molecule has 2 rings (SSSR count). The van der Waals surface area contributed by atoms with Crippen molar-refractivity contribution in [2.75, 3.05) is 26.2 Å². The second-order valence-corrected chi connectivity index (χ2v) is 7.99. The third kappa shape index (κ3) is 4.43. The van der Waals surface area contributed by atoms with E-state index in [2.05, 4.69) is 6.58 Å². The van der Waals surface area contributed by atoms with E-state index in [0.29, 0.717) is 17.4 Å². The predicted octanol–water partition coefficient (Wildman–Crippen LogP) is 2.32. The Morgan fingerprint density at radius 3 is 2.31 bits per heavy atom. The number of nitrogens with zero attached hydrogens (tertiary/aromatic N) is 2. The van der Waals surface area contributed by atoms with E-state index in [4.69, 9.17) is 4.74 Å². The predicted molar refractivity (Wildman–Crippen MR) is 97.0 cm³/mol. The van der Waals surface area contributed by atoms with Crippen LogP contribution in [0.4, 0.5) is 4.79 Å². The molecule has 0 atom stereocenters. The molecule has 0 radical (unpaired) electrons. The quantitative estimate of drug-likeness (QED) is 0.559. The topological polar surface area (TPSA) is 84.0 Å². The fourth-order valence-corrected chi connectivity index (χ4v) is 4.01. The van der Waals surface area contributed by atoms with Gasteiger partial charge in [-0.1, -0.05) is 24.3 Å². The van der Waals surface area contributed by atoms with Gasteiger partial charge in [-0.3, -0.25) is 0 Å². The number of hydrogen-bond donors (Lipinski definition) is 0. The minimum atomic E-state index is -4.12. The largest absolute Gasteiger partial charge is 0.463 e. The van der Waals surface area contributed by atoms with E-state index < -0.39 is 28.6 Å². The second kappa shape index (κ2) is 8.35. The molecule has 0 N–H and O–H groups in total. The summed E-state index contributed by atoms with van der Waals surface area (Å²) in [5, 5.41) is 0. The van der Waals surface area contributed by atoms with Crippen molar-refractivity contribution in [1.29, 1.82) is 0 Å². The van der Waals surface area contributed by atoms with Crippen molar-refractivity contribution >= 4 is 22.0 Å². The van der Waals surface area contributed by atoms with Crippen molar-refractivity contribution in [3.05, 3.63) is 42.0 Å². The van der Waals surface area contributed by atoms with Crippen molar-refractivity contribution in [3.63, 3.8) is 0 Å². The minimum absolute atomic E-state index is 0.00712. The molecule has 0 unspecified atom stereocenters. The van der Waals surface area contributed by atoms with Gasteiger partial charge in [0.25, 0.3) is 10.0 Å². The molecule has 1 aromatic rings. The van der Waals surface area contributed by atoms with Gasteiger partial charge in [0.1, 0.15) is 0 Å². The van der Waals surface area contributed by atoms with E-state index in [1.165, 1.54) is 17.0 Å². The molecule has 1 aromatic carbocycles. The Morgan fingerprint density at radius 2 is 1.77 bits per heavy atom. The molecule has 2 amide bonds. The number of aryl methyl sites for hydroxylation is 1. The third-order valence-corrected chi connectivity index (χ3v) is 5.83. The zero-order valence-electron chi connectivity index (χ0n) is 15.1. The number of benzene rings is 1. The van der Waals surface area contributed by atoms with Crippen molar-refractivity contribution < 1.29 is 22.7 Å². The SMILES string of the molecule is C=C(CN(C(=O)N1CCCC1)S(=O)(=O)c1ccc(C)cc1)C(=O)OCC. The Morgan fingerprint density at radius 1 is 1.19 bits per heavy atom. The Labute approximate surface area is 154 Å². The molecule has 0 aromatic heterocycles. The van der Waals surface area contributed by atoms with Crippen molar-refractivity contribution in [2.45, 2.75) is 31.6 Å². The molecule has 1 fully saturated rings. The van der Waals surface area contributed by atoms with Gasteiger partial charge < -0.3 is 9.64 Å². The fourth-order valence-electron chi connectivity index (χ4n) is 2.63. The Balaban J connectivity index is 2.35. The number of likely N-dealkylation sites (tertiary alicyclic amines) is 1. The molecule has 1 aliphatic rings. The minimum Gasteiger partial charge on any atom is -0.463 e. The molecular weight excluding hydrogens is 356 g/mol. The molecule has 1 aliphatic heterocycles.